The highest BCUT2D eigenvalue weighted by molar-refractivity contribution is 7.80. The number of aromatic amines is 1. The van der Waals surface area contributed by atoms with Gasteiger partial charge in [0.2, 0.25) is 0 Å². The van der Waals surface area contributed by atoms with Crippen LogP contribution in [0.4, 0.5) is 0 Å². The third-order valence-electron chi connectivity index (χ3n) is 2.67. The molecule has 76 valence electrons. The molecule has 1 aliphatic rings. The van der Waals surface area contributed by atoms with Crippen LogP contribution in [0.5, 0.6) is 0 Å². The van der Waals surface area contributed by atoms with Crippen LogP contribution in [0.2, 0.25) is 0 Å². The summed E-state index contributed by atoms with van der Waals surface area (Å²) in [6, 6.07) is 2.55. The minimum atomic E-state index is -0.237. The van der Waals surface area contributed by atoms with Gasteiger partial charge in [-0.3, -0.25) is 14.7 Å². The van der Waals surface area contributed by atoms with Gasteiger partial charge in [-0.15, -0.1) is 0 Å². The van der Waals surface area contributed by atoms with E-state index in [1.807, 2.05) is 0 Å². The van der Waals surface area contributed by atoms with E-state index in [0.29, 0.717) is 6.54 Å². The average Bonchev–Trinajstić information content (AvgIpc) is 2.92. The fraction of sp³-hybridized carbons (Fsp3) is 0.556. The van der Waals surface area contributed by atoms with Crippen molar-refractivity contribution < 1.29 is 0 Å². The Balaban J connectivity index is 2.29. The summed E-state index contributed by atoms with van der Waals surface area (Å²) in [6.45, 7) is 0.575. The second-order valence-corrected chi connectivity index (χ2v) is 4.21. The molecule has 14 heavy (non-hydrogen) atoms. The molecule has 1 saturated carbocycles. The Kier molecular flexibility index (Phi) is 2.26. The lowest BCUT2D eigenvalue weighted by Gasteiger charge is -2.12. The summed E-state index contributed by atoms with van der Waals surface area (Å²) >= 11 is 4.25. The van der Waals surface area contributed by atoms with E-state index in [0.717, 1.165) is 18.6 Å². The van der Waals surface area contributed by atoms with Crippen LogP contribution >= 0.6 is 12.6 Å². The summed E-state index contributed by atoms with van der Waals surface area (Å²) in [5, 5.41) is 2.52. The fourth-order valence-corrected chi connectivity index (χ4v) is 1.87. The second-order valence-electron chi connectivity index (χ2n) is 3.89. The SMILES string of the molecule is O=c1ccc(=O)n(CC2(CS)CC2)[nH]1. The second kappa shape index (κ2) is 3.31. The minimum Gasteiger partial charge on any atom is -0.268 e. The van der Waals surface area contributed by atoms with E-state index in [1.54, 1.807) is 0 Å². The van der Waals surface area contributed by atoms with Crippen molar-refractivity contribution in [2.45, 2.75) is 19.4 Å². The Labute approximate surface area is 86.3 Å². The van der Waals surface area contributed by atoms with E-state index >= 15 is 0 Å². The van der Waals surface area contributed by atoms with Crippen molar-refractivity contribution in [3.05, 3.63) is 32.8 Å². The molecule has 1 aromatic rings. The smallest absolute Gasteiger partial charge is 0.265 e. The van der Waals surface area contributed by atoms with Crippen LogP contribution in [0.15, 0.2) is 21.7 Å². The number of rotatable bonds is 3. The molecule has 0 saturated heterocycles. The molecule has 1 aliphatic carbocycles. The maximum atomic E-state index is 11.4. The molecule has 0 atom stereocenters. The zero-order valence-corrected chi connectivity index (χ0v) is 8.59. The van der Waals surface area contributed by atoms with Gasteiger partial charge in [0.05, 0.1) is 0 Å². The summed E-state index contributed by atoms with van der Waals surface area (Å²) in [5.41, 5.74) is -0.255. The highest BCUT2D eigenvalue weighted by Crippen LogP contribution is 2.47. The van der Waals surface area contributed by atoms with Crippen LogP contribution in [0.3, 0.4) is 0 Å². The Morgan fingerprint density at radius 1 is 1.43 bits per heavy atom. The maximum Gasteiger partial charge on any atom is 0.265 e. The minimum absolute atomic E-state index is 0.136. The van der Waals surface area contributed by atoms with Crippen molar-refractivity contribution >= 4 is 12.6 Å². The average molecular weight is 212 g/mol. The Morgan fingerprint density at radius 2 is 2.14 bits per heavy atom. The monoisotopic (exact) mass is 212 g/mol. The lowest BCUT2D eigenvalue weighted by Crippen LogP contribution is -2.31. The van der Waals surface area contributed by atoms with E-state index in [1.165, 1.54) is 16.8 Å². The summed E-state index contributed by atoms with van der Waals surface area (Å²) < 4.78 is 1.38. The van der Waals surface area contributed by atoms with Gasteiger partial charge in [-0.25, -0.2) is 4.68 Å². The number of nitrogens with zero attached hydrogens (tertiary/aromatic N) is 1. The van der Waals surface area contributed by atoms with Crippen LogP contribution in [0.25, 0.3) is 0 Å². The van der Waals surface area contributed by atoms with Gasteiger partial charge in [0.15, 0.2) is 0 Å². The van der Waals surface area contributed by atoms with Crippen LogP contribution < -0.4 is 11.1 Å². The van der Waals surface area contributed by atoms with Gasteiger partial charge in [-0.1, -0.05) is 0 Å². The molecule has 0 amide bonds. The Morgan fingerprint density at radius 3 is 2.71 bits per heavy atom. The van der Waals surface area contributed by atoms with Crippen LogP contribution in [0.1, 0.15) is 12.8 Å². The maximum absolute atomic E-state index is 11.4. The van der Waals surface area contributed by atoms with Gasteiger partial charge >= 0.3 is 0 Å². The van der Waals surface area contributed by atoms with Gasteiger partial charge < -0.3 is 0 Å². The third-order valence-corrected chi connectivity index (χ3v) is 3.35. The molecule has 1 aromatic heterocycles. The molecule has 0 unspecified atom stereocenters. The number of aromatic nitrogens is 2. The van der Waals surface area contributed by atoms with E-state index in [-0.39, 0.29) is 16.5 Å². The van der Waals surface area contributed by atoms with Crippen molar-refractivity contribution in [1.82, 2.24) is 9.78 Å². The molecule has 1 fully saturated rings. The lowest BCUT2D eigenvalue weighted by molar-refractivity contribution is 0.421. The molecule has 1 N–H and O–H groups in total. The van der Waals surface area contributed by atoms with Crippen molar-refractivity contribution in [3.63, 3.8) is 0 Å². The quantitative estimate of drug-likeness (QED) is 0.705. The molecule has 5 heteroatoms. The molecule has 2 rings (SSSR count). The molecular weight excluding hydrogens is 200 g/mol. The summed E-state index contributed by atoms with van der Waals surface area (Å²) in [6.07, 6.45) is 2.17. The van der Waals surface area contributed by atoms with Gasteiger partial charge in [0, 0.05) is 18.7 Å². The fourth-order valence-electron chi connectivity index (χ4n) is 1.46. The van der Waals surface area contributed by atoms with E-state index in [2.05, 4.69) is 17.7 Å². The van der Waals surface area contributed by atoms with E-state index in [9.17, 15) is 9.59 Å². The summed E-state index contributed by atoms with van der Waals surface area (Å²) in [4.78, 5) is 22.4. The van der Waals surface area contributed by atoms with Crippen LogP contribution in [-0.4, -0.2) is 15.5 Å². The zero-order chi connectivity index (χ0) is 10.2. The summed E-state index contributed by atoms with van der Waals surface area (Å²) in [7, 11) is 0. The van der Waals surface area contributed by atoms with Crippen molar-refractivity contribution in [1.29, 1.82) is 0 Å². The highest BCUT2D eigenvalue weighted by atomic mass is 32.1. The topological polar surface area (TPSA) is 54.9 Å². The molecule has 0 radical (unpaired) electrons. The first-order valence-corrected chi connectivity index (χ1v) is 5.20. The number of nitrogens with one attached hydrogen (secondary N) is 1. The lowest BCUT2D eigenvalue weighted by atomic mass is 10.1. The van der Waals surface area contributed by atoms with Gasteiger partial charge in [0.25, 0.3) is 11.1 Å². The molecule has 1 heterocycles. The van der Waals surface area contributed by atoms with Crippen LogP contribution in [0, 0.1) is 5.41 Å². The molecule has 0 bridgehead atoms. The van der Waals surface area contributed by atoms with Crippen molar-refractivity contribution in [2.24, 2.45) is 5.41 Å². The highest BCUT2D eigenvalue weighted by Gasteiger charge is 2.41. The Hall–Kier alpha value is -0.970. The largest absolute Gasteiger partial charge is 0.268 e. The first-order valence-electron chi connectivity index (χ1n) is 4.56. The third kappa shape index (κ3) is 1.77. The first-order chi connectivity index (χ1) is 6.65. The number of hydrogen-bond donors (Lipinski definition) is 2. The standard InChI is InChI=1S/C9H12N2O2S/c12-7-1-2-8(13)11(10-7)5-9(6-14)3-4-9/h1-2,14H,3-6H2,(H,10,12). The predicted octanol–water partition coefficient (Wildman–Crippen LogP) is 0.247. The van der Waals surface area contributed by atoms with Gasteiger partial charge in [-0.2, -0.15) is 12.6 Å². The van der Waals surface area contributed by atoms with Crippen molar-refractivity contribution in [3.8, 4) is 0 Å². The van der Waals surface area contributed by atoms with Gasteiger partial charge in [0.1, 0.15) is 0 Å². The van der Waals surface area contributed by atoms with Crippen LogP contribution in [-0.2, 0) is 6.54 Å². The number of thiol groups is 1. The molecule has 0 aliphatic heterocycles. The summed E-state index contributed by atoms with van der Waals surface area (Å²) in [5.74, 6) is 0.760. The molecule has 0 spiro atoms. The van der Waals surface area contributed by atoms with Gasteiger partial charge in [-0.05, 0) is 24.0 Å². The van der Waals surface area contributed by atoms with Crippen molar-refractivity contribution in [2.75, 3.05) is 5.75 Å². The Bertz CT molecular complexity index is 445. The van der Waals surface area contributed by atoms with E-state index in [4.69, 9.17) is 0 Å². The number of H-pyrrole nitrogens is 1. The molecular formula is C9H12N2O2S. The number of hydrogen-bond acceptors (Lipinski definition) is 3. The molecule has 4 nitrogen and oxygen atoms in total. The predicted molar refractivity (Wildman–Crippen MR) is 56.8 cm³/mol. The van der Waals surface area contributed by atoms with E-state index < -0.39 is 0 Å². The molecule has 0 aromatic carbocycles. The zero-order valence-electron chi connectivity index (χ0n) is 7.69. The first kappa shape index (κ1) is 9.58. The normalized spacial score (nSPS) is 18.1.